The van der Waals surface area contributed by atoms with Crippen molar-refractivity contribution in [3.8, 4) is 0 Å². The third-order valence-corrected chi connectivity index (χ3v) is 3.03. The van der Waals surface area contributed by atoms with Crippen molar-refractivity contribution < 1.29 is 9.00 Å². The molecule has 1 aliphatic rings. The van der Waals surface area contributed by atoms with E-state index < -0.39 is 11.0 Å². The zero-order chi connectivity index (χ0) is 11.3. The van der Waals surface area contributed by atoms with Crippen molar-refractivity contribution in [1.29, 1.82) is 0 Å². The molecular weight excluding hydrogens is 198 g/mol. The quantitative estimate of drug-likeness (QED) is 0.701. The molecule has 0 aliphatic carbocycles. The fraction of sp³-hybridized carbons (Fsp3) is 0.300. The summed E-state index contributed by atoms with van der Waals surface area (Å²) in [4.78, 5) is 11.7. The van der Waals surface area contributed by atoms with E-state index in [1.165, 1.54) is 19.2 Å². The van der Waals surface area contributed by atoms with Crippen LogP contribution in [0.5, 0.6) is 0 Å². The second-order valence-corrected chi connectivity index (χ2v) is 3.72. The zero-order valence-electron chi connectivity index (χ0n) is 8.74. The maximum atomic E-state index is 11.4. The predicted octanol–water partition coefficient (Wildman–Crippen LogP) is 1.77. The lowest BCUT2D eigenvalue weighted by Gasteiger charge is -2.05. The minimum Gasteiger partial charge on any atom is -0.268 e. The van der Waals surface area contributed by atoms with Crippen LogP contribution in [0.4, 0.5) is 0 Å². The number of hydrogen-bond acceptors (Lipinski definition) is 2. The Morgan fingerprint density at radius 1 is 1.29 bits per heavy atom. The lowest BCUT2D eigenvalue weighted by Crippen LogP contribution is -2.22. The predicted molar refractivity (Wildman–Crippen MR) is 59.7 cm³/mol. The van der Waals surface area contributed by atoms with E-state index in [-0.39, 0.29) is 5.91 Å². The topological polar surface area (TPSA) is 37.4 Å². The summed E-state index contributed by atoms with van der Waals surface area (Å²) in [7, 11) is 0.0932. The van der Waals surface area contributed by atoms with Gasteiger partial charge in [-0.25, -0.2) is 4.21 Å². The van der Waals surface area contributed by atoms with Crippen molar-refractivity contribution in [2.45, 2.75) is 13.8 Å². The number of allylic oxidation sites excluding steroid dienone is 1. The van der Waals surface area contributed by atoms with Crippen LogP contribution >= 0.6 is 0 Å². The van der Waals surface area contributed by atoms with E-state index >= 15 is 0 Å². The Balaban J connectivity index is 0.000000791. The monoisotopic (exact) mass is 213 g/mol. The van der Waals surface area contributed by atoms with E-state index in [1.54, 1.807) is 0 Å². The van der Waals surface area contributed by atoms with E-state index in [0.29, 0.717) is 10.5 Å². The summed E-state index contributed by atoms with van der Waals surface area (Å²) >= 11 is 0. The average Bonchev–Trinajstić information content (AvgIpc) is 2.44. The summed E-state index contributed by atoms with van der Waals surface area (Å²) in [5.41, 5.74) is 0.380. The van der Waals surface area contributed by atoms with Crippen molar-refractivity contribution in [1.82, 2.24) is 4.31 Å². The first kappa shape index (κ1) is 12.8. The molecule has 0 aromatic heterocycles. The van der Waals surface area contributed by atoms with Gasteiger partial charge in [-0.2, -0.15) is 0 Å². The molecule has 0 N–H and O–H groups in total. The molecule has 0 saturated heterocycles. The van der Waals surface area contributed by atoms with Crippen LogP contribution in [-0.2, 0) is 15.8 Å². The number of likely N-dealkylation sites (N-methyl/N-ethyl adjacent to an activating group) is 1. The Hall–Kier alpha value is -1.16. The number of amides is 1. The van der Waals surface area contributed by atoms with Gasteiger partial charge in [-0.15, -0.1) is 0 Å². The highest BCUT2D eigenvalue weighted by atomic mass is 32.2. The minimum atomic E-state index is -1.39. The molecule has 0 radical (unpaired) electrons. The van der Waals surface area contributed by atoms with Gasteiger partial charge < -0.3 is 0 Å². The van der Waals surface area contributed by atoms with Crippen LogP contribution in [0.1, 0.15) is 13.8 Å². The summed E-state index contributed by atoms with van der Waals surface area (Å²) in [6.07, 6.45) is 2.83. The maximum Gasteiger partial charge on any atom is 0.266 e. The third-order valence-electron chi connectivity index (χ3n) is 1.61. The van der Waals surface area contributed by atoms with E-state index in [1.807, 2.05) is 13.8 Å². The highest BCUT2D eigenvalue weighted by Crippen LogP contribution is 2.23. The van der Waals surface area contributed by atoms with Crippen LogP contribution in [0, 0.1) is 0 Å². The summed E-state index contributed by atoms with van der Waals surface area (Å²) in [5, 5.41) is 0. The molecule has 1 rings (SSSR count). The Bertz CT molecular complexity index is 288. The molecule has 0 bridgehead atoms. The Kier molecular flexibility index (Phi) is 5.09. The van der Waals surface area contributed by atoms with Crippen LogP contribution in [0.2, 0.25) is 0 Å². The molecule has 1 amide bonds. The lowest BCUT2D eigenvalue weighted by molar-refractivity contribution is -0.120. The second-order valence-electron chi connectivity index (χ2n) is 2.24. The smallest absolute Gasteiger partial charge is 0.266 e. The fourth-order valence-corrected chi connectivity index (χ4v) is 2.01. The SMILES string of the molecule is C=CC1=C(C=C)S(=O)N(C)C1=O.CC. The lowest BCUT2D eigenvalue weighted by atomic mass is 10.2. The van der Waals surface area contributed by atoms with Crippen molar-refractivity contribution >= 4 is 16.9 Å². The zero-order valence-corrected chi connectivity index (χ0v) is 9.56. The summed E-state index contributed by atoms with van der Waals surface area (Å²) < 4.78 is 12.5. The molecule has 14 heavy (non-hydrogen) atoms. The van der Waals surface area contributed by atoms with Crippen molar-refractivity contribution in [3.05, 3.63) is 35.8 Å². The van der Waals surface area contributed by atoms with Crippen LogP contribution in [-0.4, -0.2) is 21.5 Å². The second kappa shape index (κ2) is 5.54. The molecule has 0 aromatic rings. The number of carbonyl (C=O) groups is 1. The highest BCUT2D eigenvalue weighted by molar-refractivity contribution is 7.88. The van der Waals surface area contributed by atoms with Crippen LogP contribution in [0.25, 0.3) is 0 Å². The summed E-state index contributed by atoms with van der Waals surface area (Å²) in [6.45, 7) is 11.0. The van der Waals surface area contributed by atoms with Gasteiger partial charge in [0.15, 0.2) is 11.0 Å². The normalized spacial score (nSPS) is 20.4. The average molecular weight is 213 g/mol. The number of nitrogens with zero attached hydrogens (tertiary/aromatic N) is 1. The molecule has 4 heteroatoms. The molecule has 1 unspecified atom stereocenters. The Labute approximate surface area is 87.4 Å². The van der Waals surface area contributed by atoms with Crippen LogP contribution in [0.3, 0.4) is 0 Å². The standard InChI is InChI=1S/C8H9NO2S.C2H6/c1-4-6-7(5-2)12(11)9(3)8(6)10;1-2/h4-5H,1-2H2,3H3;1-2H3. The van der Waals surface area contributed by atoms with E-state index in [4.69, 9.17) is 0 Å². The largest absolute Gasteiger partial charge is 0.268 e. The van der Waals surface area contributed by atoms with Gasteiger partial charge in [0, 0.05) is 7.05 Å². The van der Waals surface area contributed by atoms with Gasteiger partial charge in [-0.1, -0.05) is 39.2 Å². The molecule has 1 heterocycles. The highest BCUT2D eigenvalue weighted by Gasteiger charge is 2.30. The molecule has 0 spiro atoms. The Morgan fingerprint density at radius 2 is 1.79 bits per heavy atom. The maximum absolute atomic E-state index is 11.4. The number of hydrogen-bond donors (Lipinski definition) is 0. The first-order valence-electron chi connectivity index (χ1n) is 4.32. The first-order chi connectivity index (χ1) is 6.63. The molecule has 1 aliphatic heterocycles. The van der Waals surface area contributed by atoms with Crippen molar-refractivity contribution in [3.63, 3.8) is 0 Å². The van der Waals surface area contributed by atoms with Gasteiger partial charge in [0.25, 0.3) is 5.91 Å². The van der Waals surface area contributed by atoms with Crippen LogP contribution in [0.15, 0.2) is 35.8 Å². The van der Waals surface area contributed by atoms with Crippen LogP contribution < -0.4 is 0 Å². The molecule has 0 aromatic carbocycles. The molecule has 78 valence electrons. The Morgan fingerprint density at radius 3 is 2.07 bits per heavy atom. The summed E-state index contributed by atoms with van der Waals surface area (Å²) in [6, 6.07) is 0. The molecule has 0 saturated carbocycles. The van der Waals surface area contributed by atoms with Gasteiger partial charge in [-0.3, -0.25) is 9.10 Å². The number of rotatable bonds is 2. The number of carbonyl (C=O) groups excluding carboxylic acids is 1. The molecular formula is C10H15NO2S. The summed E-state index contributed by atoms with van der Waals surface area (Å²) in [5.74, 6) is -0.266. The van der Waals surface area contributed by atoms with Gasteiger partial charge in [0.2, 0.25) is 0 Å². The minimum absolute atomic E-state index is 0.266. The third kappa shape index (κ3) is 2.01. The molecule has 1 atom stereocenters. The van der Waals surface area contributed by atoms with Crippen molar-refractivity contribution in [2.24, 2.45) is 0 Å². The van der Waals surface area contributed by atoms with Gasteiger partial charge >= 0.3 is 0 Å². The molecule has 3 nitrogen and oxygen atoms in total. The van der Waals surface area contributed by atoms with Gasteiger partial charge in [-0.05, 0) is 0 Å². The van der Waals surface area contributed by atoms with E-state index in [9.17, 15) is 9.00 Å². The van der Waals surface area contributed by atoms with E-state index in [0.717, 1.165) is 4.31 Å². The molecule has 0 fully saturated rings. The van der Waals surface area contributed by atoms with Gasteiger partial charge in [0.05, 0.1) is 10.5 Å². The van der Waals surface area contributed by atoms with E-state index in [2.05, 4.69) is 13.2 Å². The fourth-order valence-electron chi connectivity index (χ4n) is 0.961. The van der Waals surface area contributed by atoms with Crippen molar-refractivity contribution in [2.75, 3.05) is 7.05 Å². The van der Waals surface area contributed by atoms with Gasteiger partial charge in [0.1, 0.15) is 0 Å². The first-order valence-corrected chi connectivity index (χ1v) is 5.43.